The number of guanidine groups is 1. The normalized spacial score (nSPS) is 16.1. The van der Waals surface area contributed by atoms with Gasteiger partial charge in [0.15, 0.2) is 5.96 Å². The molecule has 3 rings (SSSR count). The van der Waals surface area contributed by atoms with Crippen molar-refractivity contribution in [3.63, 3.8) is 0 Å². The molecular formula is C27H35N7O6. The first kappa shape index (κ1) is 29.9. The number of nitrogens with two attached hydrogens (primary N) is 4. The molecule has 0 bridgehead atoms. The first-order valence-corrected chi connectivity index (χ1v) is 12.8. The van der Waals surface area contributed by atoms with Gasteiger partial charge in [-0.2, -0.15) is 0 Å². The number of aromatic hydroxyl groups is 1. The Hall–Kier alpha value is -4.65. The van der Waals surface area contributed by atoms with Crippen molar-refractivity contribution in [1.82, 2.24) is 4.90 Å². The molecule has 1 saturated heterocycles. The zero-order valence-corrected chi connectivity index (χ0v) is 22.0. The molecule has 0 unspecified atom stereocenters. The van der Waals surface area contributed by atoms with Gasteiger partial charge in [0.25, 0.3) is 5.91 Å². The number of rotatable bonds is 12. The van der Waals surface area contributed by atoms with E-state index in [4.69, 9.17) is 22.9 Å². The summed E-state index contributed by atoms with van der Waals surface area (Å²) in [4.78, 5) is 58.2. The highest BCUT2D eigenvalue weighted by molar-refractivity contribution is 6.05. The third-order valence-electron chi connectivity index (χ3n) is 6.73. The molecule has 0 aromatic heterocycles. The number of phenols is 1. The number of carboxylic acid groups (broad SMARTS) is 1. The monoisotopic (exact) mass is 553 g/mol. The van der Waals surface area contributed by atoms with E-state index in [1.54, 1.807) is 0 Å². The molecule has 10 N–H and O–H groups in total. The van der Waals surface area contributed by atoms with Gasteiger partial charge in [0, 0.05) is 18.8 Å². The fourth-order valence-electron chi connectivity index (χ4n) is 4.81. The van der Waals surface area contributed by atoms with E-state index >= 15 is 0 Å². The second kappa shape index (κ2) is 13.4. The zero-order chi connectivity index (χ0) is 29.4. The molecule has 1 heterocycles. The first-order chi connectivity index (χ1) is 19.0. The van der Waals surface area contributed by atoms with Crippen LogP contribution in [0.2, 0.25) is 0 Å². The van der Waals surface area contributed by atoms with Crippen molar-refractivity contribution in [1.29, 1.82) is 0 Å². The number of primary amides is 1. The highest BCUT2D eigenvalue weighted by Crippen LogP contribution is 2.30. The molecule has 13 nitrogen and oxygen atoms in total. The quantitative estimate of drug-likeness (QED) is 0.117. The summed E-state index contributed by atoms with van der Waals surface area (Å²) in [5, 5.41) is 19.6. The predicted molar refractivity (Wildman–Crippen MR) is 148 cm³/mol. The Balaban J connectivity index is 1.95. The minimum Gasteiger partial charge on any atom is -0.507 e. The molecule has 214 valence electrons. The van der Waals surface area contributed by atoms with E-state index in [9.17, 15) is 29.4 Å². The molecule has 3 atom stereocenters. The van der Waals surface area contributed by atoms with Crippen molar-refractivity contribution < 1.29 is 29.4 Å². The molecule has 40 heavy (non-hydrogen) atoms. The molecule has 0 saturated carbocycles. The van der Waals surface area contributed by atoms with Gasteiger partial charge in [-0.15, -0.1) is 0 Å². The summed E-state index contributed by atoms with van der Waals surface area (Å²) in [5.41, 5.74) is 23.1. The van der Waals surface area contributed by atoms with Crippen molar-refractivity contribution in [3.05, 3.63) is 59.7 Å². The Bertz CT molecular complexity index is 1270. The van der Waals surface area contributed by atoms with Gasteiger partial charge in [0.2, 0.25) is 11.8 Å². The Morgan fingerprint density at radius 2 is 1.77 bits per heavy atom. The number of hydrogen-bond acceptors (Lipinski definition) is 7. The molecule has 3 amide bonds. The third-order valence-corrected chi connectivity index (χ3v) is 6.73. The van der Waals surface area contributed by atoms with Crippen molar-refractivity contribution in [2.75, 3.05) is 18.0 Å². The highest BCUT2D eigenvalue weighted by Gasteiger charge is 2.41. The second-order valence-corrected chi connectivity index (χ2v) is 9.57. The van der Waals surface area contributed by atoms with Crippen LogP contribution in [-0.2, 0) is 20.8 Å². The lowest BCUT2D eigenvalue weighted by atomic mass is 10.0. The maximum atomic E-state index is 14.1. The SMILES string of the molecule is NC(=O)[C@H](CCCN=C(N)N)N(C(=O)[C@@H]1CCCN1C(=O)[C@H](N)Cc1ccccc1)c1ccc(O)c(C(=O)O)c1. The van der Waals surface area contributed by atoms with Crippen molar-refractivity contribution in [2.24, 2.45) is 27.9 Å². The van der Waals surface area contributed by atoms with Gasteiger partial charge in [-0.1, -0.05) is 30.3 Å². The summed E-state index contributed by atoms with van der Waals surface area (Å²) in [7, 11) is 0. The number of benzene rings is 2. The molecule has 0 spiro atoms. The van der Waals surface area contributed by atoms with Crippen LogP contribution in [0.3, 0.4) is 0 Å². The van der Waals surface area contributed by atoms with Crippen LogP contribution in [0.15, 0.2) is 53.5 Å². The molecule has 1 aliphatic heterocycles. The van der Waals surface area contributed by atoms with Crippen LogP contribution < -0.4 is 27.8 Å². The van der Waals surface area contributed by atoms with Crippen LogP contribution in [0.1, 0.15) is 41.6 Å². The summed E-state index contributed by atoms with van der Waals surface area (Å²) in [6.07, 6.45) is 1.43. The average molecular weight is 554 g/mol. The Morgan fingerprint density at radius 1 is 1.07 bits per heavy atom. The van der Waals surface area contributed by atoms with E-state index in [0.29, 0.717) is 12.8 Å². The van der Waals surface area contributed by atoms with Crippen molar-refractivity contribution in [2.45, 2.75) is 50.2 Å². The van der Waals surface area contributed by atoms with Gasteiger partial charge >= 0.3 is 5.97 Å². The lowest BCUT2D eigenvalue weighted by molar-refractivity contribution is -0.138. The predicted octanol–water partition coefficient (Wildman–Crippen LogP) is -0.108. The summed E-state index contributed by atoms with van der Waals surface area (Å²) in [6, 6.07) is 9.67. The number of anilines is 1. The number of hydrogen-bond donors (Lipinski definition) is 6. The molecule has 13 heteroatoms. The lowest BCUT2D eigenvalue weighted by Crippen LogP contribution is -2.57. The van der Waals surface area contributed by atoms with Gasteiger partial charge in [-0.05, 0) is 55.9 Å². The Labute approximate surface area is 231 Å². The average Bonchev–Trinajstić information content (AvgIpc) is 3.40. The van der Waals surface area contributed by atoms with Crippen LogP contribution in [-0.4, -0.2) is 76.0 Å². The molecule has 2 aromatic carbocycles. The van der Waals surface area contributed by atoms with Gasteiger partial charge in [0.05, 0.1) is 6.04 Å². The maximum absolute atomic E-state index is 14.1. The Kier molecular flexibility index (Phi) is 10.0. The summed E-state index contributed by atoms with van der Waals surface area (Å²) in [6.45, 7) is 0.444. The van der Waals surface area contributed by atoms with E-state index in [0.717, 1.165) is 22.6 Å². The highest BCUT2D eigenvalue weighted by atomic mass is 16.4. The largest absolute Gasteiger partial charge is 0.507 e. The molecule has 2 aromatic rings. The number of aliphatic imine (C=N–C) groups is 1. The maximum Gasteiger partial charge on any atom is 0.339 e. The molecule has 1 fully saturated rings. The van der Waals surface area contributed by atoms with Gasteiger partial charge in [-0.25, -0.2) is 4.79 Å². The zero-order valence-electron chi connectivity index (χ0n) is 22.0. The molecular weight excluding hydrogens is 518 g/mol. The van der Waals surface area contributed by atoms with E-state index in [-0.39, 0.29) is 44.0 Å². The van der Waals surface area contributed by atoms with Gasteiger partial charge in [-0.3, -0.25) is 24.3 Å². The van der Waals surface area contributed by atoms with Gasteiger partial charge in [0.1, 0.15) is 23.4 Å². The fraction of sp³-hybridized carbons (Fsp3) is 0.370. The van der Waals surface area contributed by atoms with Crippen LogP contribution >= 0.6 is 0 Å². The summed E-state index contributed by atoms with van der Waals surface area (Å²) < 4.78 is 0. The van der Waals surface area contributed by atoms with E-state index in [1.165, 1.54) is 11.0 Å². The van der Waals surface area contributed by atoms with Crippen LogP contribution in [0.25, 0.3) is 0 Å². The number of carbonyl (C=O) groups excluding carboxylic acids is 3. The topological polar surface area (TPSA) is 232 Å². The summed E-state index contributed by atoms with van der Waals surface area (Å²) >= 11 is 0. The number of carbonyl (C=O) groups is 4. The summed E-state index contributed by atoms with van der Waals surface area (Å²) in [5.74, 6) is -3.97. The minimum absolute atomic E-state index is 0.0266. The van der Waals surface area contributed by atoms with Crippen molar-refractivity contribution in [3.8, 4) is 5.75 Å². The fourth-order valence-corrected chi connectivity index (χ4v) is 4.81. The number of aromatic carboxylic acids is 1. The second-order valence-electron chi connectivity index (χ2n) is 9.57. The molecule has 0 aliphatic carbocycles. The number of carboxylic acids is 1. The standard InChI is InChI=1S/C27H35N7O6/c28-19(14-16-6-2-1-3-7-16)24(37)33-13-5-9-21(33)25(38)34(17-10-11-22(35)18(15-17)26(39)40)20(23(29)36)8-4-12-32-27(30)31/h1-3,6-7,10-11,15,19-21,35H,4-5,8-9,12-14,28H2,(H2,29,36)(H,39,40)(H4,30,31,32)/t19-,20+,21+/m1/s1. The lowest BCUT2D eigenvalue weighted by Gasteiger charge is -2.35. The van der Waals surface area contributed by atoms with Crippen LogP contribution in [0, 0.1) is 0 Å². The van der Waals surface area contributed by atoms with Crippen LogP contribution in [0.5, 0.6) is 5.75 Å². The van der Waals surface area contributed by atoms with Crippen molar-refractivity contribution >= 4 is 35.3 Å². The molecule has 0 radical (unpaired) electrons. The number of likely N-dealkylation sites (tertiary alicyclic amines) is 1. The van der Waals surface area contributed by atoms with Crippen LogP contribution in [0.4, 0.5) is 5.69 Å². The van der Waals surface area contributed by atoms with E-state index < -0.39 is 53.1 Å². The number of amides is 3. The Morgan fingerprint density at radius 3 is 2.40 bits per heavy atom. The molecule has 1 aliphatic rings. The smallest absolute Gasteiger partial charge is 0.339 e. The number of nitrogens with zero attached hydrogens (tertiary/aromatic N) is 3. The van der Waals surface area contributed by atoms with E-state index in [1.807, 2.05) is 30.3 Å². The third kappa shape index (κ3) is 7.26. The van der Waals surface area contributed by atoms with Gasteiger partial charge < -0.3 is 38.0 Å². The minimum atomic E-state index is -1.43. The van der Waals surface area contributed by atoms with E-state index in [2.05, 4.69) is 4.99 Å². The first-order valence-electron chi connectivity index (χ1n) is 12.8.